The third-order valence-electron chi connectivity index (χ3n) is 2.07. The fourth-order valence-corrected chi connectivity index (χ4v) is 1.34. The molecule has 4 nitrogen and oxygen atoms in total. The quantitative estimate of drug-likeness (QED) is 0.667. The van der Waals surface area contributed by atoms with Gasteiger partial charge in [0, 0.05) is 0 Å². The fourth-order valence-electron chi connectivity index (χ4n) is 1.34. The number of unbranched alkanes of at least 4 members (excludes halogenated alkanes) is 1. The van der Waals surface area contributed by atoms with Crippen LogP contribution in [0.2, 0.25) is 0 Å². The van der Waals surface area contributed by atoms with Crippen LogP contribution in [0.1, 0.15) is 47.0 Å². The summed E-state index contributed by atoms with van der Waals surface area (Å²) in [7, 11) is 0. The van der Waals surface area contributed by atoms with E-state index < -0.39 is 23.7 Å². The van der Waals surface area contributed by atoms with Crippen LogP contribution in [-0.2, 0) is 9.53 Å². The number of nitrogens with two attached hydrogens (primary N) is 1. The molecule has 15 heavy (non-hydrogen) atoms. The van der Waals surface area contributed by atoms with Crippen molar-refractivity contribution in [2.24, 2.45) is 11.7 Å². The lowest BCUT2D eigenvalue weighted by atomic mass is 10.00. The summed E-state index contributed by atoms with van der Waals surface area (Å²) < 4.78 is 5.46. The molecule has 0 aromatic rings. The van der Waals surface area contributed by atoms with Crippen molar-refractivity contribution in [1.82, 2.24) is 0 Å². The van der Waals surface area contributed by atoms with Gasteiger partial charge in [-0.25, -0.2) is 0 Å². The van der Waals surface area contributed by atoms with Crippen LogP contribution in [0.25, 0.3) is 0 Å². The lowest BCUT2D eigenvalue weighted by Crippen LogP contribution is -2.42. The minimum Gasteiger partial charge on any atom is -0.481 e. The largest absolute Gasteiger partial charge is 0.481 e. The van der Waals surface area contributed by atoms with Crippen LogP contribution >= 0.6 is 0 Å². The maximum Gasteiger partial charge on any atom is 0.310 e. The first-order valence-corrected chi connectivity index (χ1v) is 5.44. The number of hydrogen-bond acceptors (Lipinski definition) is 3. The number of hydrogen-bond donors (Lipinski definition) is 2. The Balaban J connectivity index is 4.29. The molecule has 0 bridgehead atoms. The van der Waals surface area contributed by atoms with Crippen molar-refractivity contribution in [1.29, 1.82) is 0 Å². The highest BCUT2D eigenvalue weighted by Gasteiger charge is 2.28. The molecule has 0 fully saturated rings. The molecule has 0 saturated carbocycles. The maximum absolute atomic E-state index is 11.0. The van der Waals surface area contributed by atoms with Crippen molar-refractivity contribution in [3.63, 3.8) is 0 Å². The summed E-state index contributed by atoms with van der Waals surface area (Å²) in [5, 5.41) is 9.01. The zero-order chi connectivity index (χ0) is 12.1. The summed E-state index contributed by atoms with van der Waals surface area (Å²) >= 11 is 0. The van der Waals surface area contributed by atoms with E-state index in [9.17, 15) is 4.79 Å². The van der Waals surface area contributed by atoms with Crippen molar-refractivity contribution in [2.75, 3.05) is 0 Å². The van der Waals surface area contributed by atoms with Gasteiger partial charge < -0.3 is 15.6 Å². The molecule has 0 rings (SSSR count). The highest BCUT2D eigenvalue weighted by Crippen LogP contribution is 2.18. The zero-order valence-corrected chi connectivity index (χ0v) is 10.1. The molecule has 4 heteroatoms. The summed E-state index contributed by atoms with van der Waals surface area (Å²) in [6, 6.07) is 0. The van der Waals surface area contributed by atoms with Gasteiger partial charge >= 0.3 is 5.97 Å². The van der Waals surface area contributed by atoms with Gasteiger partial charge in [-0.05, 0) is 27.2 Å². The number of ether oxygens (including phenoxy) is 1. The molecule has 0 aromatic heterocycles. The SMILES string of the molecule is CCCCC(C(=O)O)C(N)OC(C)(C)C. The first kappa shape index (κ1) is 14.4. The van der Waals surface area contributed by atoms with Crippen LogP contribution in [0.3, 0.4) is 0 Å². The predicted molar refractivity (Wildman–Crippen MR) is 59.5 cm³/mol. The van der Waals surface area contributed by atoms with Crippen LogP contribution in [0.15, 0.2) is 0 Å². The molecule has 2 unspecified atom stereocenters. The Hall–Kier alpha value is -0.610. The van der Waals surface area contributed by atoms with Crippen molar-refractivity contribution in [3.05, 3.63) is 0 Å². The number of carboxylic acid groups (broad SMARTS) is 1. The third-order valence-corrected chi connectivity index (χ3v) is 2.07. The van der Waals surface area contributed by atoms with Crippen molar-refractivity contribution in [2.45, 2.75) is 58.8 Å². The van der Waals surface area contributed by atoms with Crippen LogP contribution in [0.5, 0.6) is 0 Å². The Bertz CT molecular complexity index is 198. The van der Waals surface area contributed by atoms with E-state index in [0.717, 1.165) is 12.8 Å². The molecule has 0 aromatic carbocycles. The Kier molecular flexibility index (Phi) is 5.83. The average molecular weight is 217 g/mol. The molecule has 0 aliphatic rings. The summed E-state index contributed by atoms with van der Waals surface area (Å²) in [5.74, 6) is -1.48. The van der Waals surface area contributed by atoms with E-state index in [1.165, 1.54) is 0 Å². The first-order valence-electron chi connectivity index (χ1n) is 5.44. The Morgan fingerprint density at radius 1 is 1.47 bits per heavy atom. The molecule has 0 heterocycles. The first-order chi connectivity index (χ1) is 6.78. The molecule has 0 amide bonds. The van der Waals surface area contributed by atoms with E-state index in [1.807, 2.05) is 27.7 Å². The average Bonchev–Trinajstić information content (AvgIpc) is 2.00. The lowest BCUT2D eigenvalue weighted by molar-refractivity contribution is -0.153. The summed E-state index contributed by atoms with van der Waals surface area (Å²) in [6.45, 7) is 7.62. The highest BCUT2D eigenvalue weighted by molar-refractivity contribution is 5.70. The second-order valence-electron chi connectivity index (χ2n) is 4.78. The summed E-state index contributed by atoms with van der Waals surface area (Å²) in [4.78, 5) is 11.0. The minimum atomic E-state index is -0.875. The second-order valence-corrected chi connectivity index (χ2v) is 4.78. The fraction of sp³-hybridized carbons (Fsp3) is 0.909. The second kappa shape index (κ2) is 6.08. The lowest BCUT2D eigenvalue weighted by Gasteiger charge is -2.28. The molecule has 0 radical (unpaired) electrons. The van der Waals surface area contributed by atoms with Crippen LogP contribution in [0, 0.1) is 5.92 Å². The van der Waals surface area contributed by atoms with Gasteiger partial charge in [0.2, 0.25) is 0 Å². The zero-order valence-electron chi connectivity index (χ0n) is 10.1. The van der Waals surface area contributed by atoms with Gasteiger partial charge in [-0.2, -0.15) is 0 Å². The normalized spacial score (nSPS) is 16.1. The Labute approximate surface area is 91.8 Å². The molecule has 0 spiro atoms. The van der Waals surface area contributed by atoms with E-state index in [4.69, 9.17) is 15.6 Å². The highest BCUT2D eigenvalue weighted by atomic mass is 16.5. The van der Waals surface area contributed by atoms with Gasteiger partial charge in [0.05, 0.1) is 11.5 Å². The maximum atomic E-state index is 11.0. The molecule has 0 aliphatic carbocycles. The van der Waals surface area contributed by atoms with Crippen LogP contribution in [-0.4, -0.2) is 22.9 Å². The molecule has 90 valence electrons. The van der Waals surface area contributed by atoms with Gasteiger partial charge in [-0.1, -0.05) is 19.8 Å². The van der Waals surface area contributed by atoms with E-state index in [2.05, 4.69) is 0 Å². The van der Waals surface area contributed by atoms with E-state index in [-0.39, 0.29) is 0 Å². The predicted octanol–water partition coefficient (Wildman–Crippen LogP) is 1.98. The van der Waals surface area contributed by atoms with Gasteiger partial charge in [0.1, 0.15) is 6.23 Å². The van der Waals surface area contributed by atoms with Crippen molar-refractivity contribution < 1.29 is 14.6 Å². The van der Waals surface area contributed by atoms with Gasteiger partial charge in [0.15, 0.2) is 0 Å². The number of carboxylic acids is 1. The van der Waals surface area contributed by atoms with E-state index in [1.54, 1.807) is 0 Å². The van der Waals surface area contributed by atoms with E-state index in [0.29, 0.717) is 6.42 Å². The minimum absolute atomic E-state index is 0.403. The van der Waals surface area contributed by atoms with Crippen LogP contribution < -0.4 is 5.73 Å². The smallest absolute Gasteiger partial charge is 0.310 e. The van der Waals surface area contributed by atoms with Crippen molar-refractivity contribution >= 4 is 5.97 Å². The standard InChI is InChI=1S/C11H23NO3/c1-5-6-7-8(10(13)14)9(12)15-11(2,3)4/h8-9H,5-7,12H2,1-4H3,(H,13,14). The number of carbonyl (C=O) groups is 1. The summed E-state index contributed by atoms with van der Waals surface area (Å²) in [6.07, 6.45) is 1.67. The number of aliphatic carboxylic acids is 1. The van der Waals surface area contributed by atoms with Gasteiger partial charge in [-0.15, -0.1) is 0 Å². The van der Waals surface area contributed by atoms with Gasteiger partial charge in [-0.3, -0.25) is 4.79 Å². The monoisotopic (exact) mass is 217 g/mol. The molecule has 0 aliphatic heterocycles. The molecule has 3 N–H and O–H groups in total. The topological polar surface area (TPSA) is 72.5 Å². The van der Waals surface area contributed by atoms with Crippen LogP contribution in [0.4, 0.5) is 0 Å². The third kappa shape index (κ3) is 6.47. The Morgan fingerprint density at radius 3 is 2.33 bits per heavy atom. The number of rotatable bonds is 6. The van der Waals surface area contributed by atoms with Crippen molar-refractivity contribution in [3.8, 4) is 0 Å². The van der Waals surface area contributed by atoms with E-state index >= 15 is 0 Å². The van der Waals surface area contributed by atoms with Gasteiger partial charge in [0.25, 0.3) is 0 Å². The Morgan fingerprint density at radius 2 is 2.00 bits per heavy atom. The molecular formula is C11H23NO3. The molecular weight excluding hydrogens is 194 g/mol. The molecule has 2 atom stereocenters. The molecule has 0 saturated heterocycles. The summed E-state index contributed by atoms with van der Waals surface area (Å²) in [5.41, 5.74) is 5.34.